The van der Waals surface area contributed by atoms with Crippen LogP contribution in [0.15, 0.2) is 73.1 Å². The van der Waals surface area contributed by atoms with Crippen molar-refractivity contribution in [2.45, 2.75) is 25.3 Å². The molecular formula is C29H27N7O2. The van der Waals surface area contributed by atoms with Gasteiger partial charge in [-0.1, -0.05) is 24.3 Å². The van der Waals surface area contributed by atoms with Crippen molar-refractivity contribution in [2.75, 3.05) is 18.8 Å². The number of aromatic nitrogens is 4. The molecule has 9 heteroatoms. The number of nitrogens with two attached hydrogens (primary N) is 1. The summed E-state index contributed by atoms with van der Waals surface area (Å²) in [6, 6.07) is 19.5. The molecule has 2 fully saturated rings. The van der Waals surface area contributed by atoms with Crippen LogP contribution >= 0.6 is 0 Å². The first-order valence-electron chi connectivity index (χ1n) is 12.8. The average Bonchev–Trinajstić information content (AvgIpc) is 3.63. The fraction of sp³-hybridized carbons (Fsp3) is 0.276. The molecule has 0 spiro atoms. The van der Waals surface area contributed by atoms with Crippen LogP contribution in [0.5, 0.6) is 11.5 Å². The summed E-state index contributed by atoms with van der Waals surface area (Å²) in [5.41, 5.74) is 8.64. The van der Waals surface area contributed by atoms with Gasteiger partial charge in [-0.25, -0.2) is 14.6 Å². The van der Waals surface area contributed by atoms with Crippen molar-refractivity contribution in [3.8, 4) is 28.8 Å². The SMILES string of the molecule is N#CC=CC1CC1C(=O)N1CCC(n2nc(-c3ccc(Oc4ccccc4)cc3)c3c(N)ncnc32)CC1. The van der Waals surface area contributed by atoms with E-state index in [0.717, 1.165) is 47.4 Å². The molecular weight excluding hydrogens is 478 g/mol. The zero-order valence-electron chi connectivity index (χ0n) is 20.8. The Bertz CT molecular complexity index is 1530. The largest absolute Gasteiger partial charge is 0.457 e. The van der Waals surface area contributed by atoms with E-state index in [0.29, 0.717) is 24.6 Å². The number of nitriles is 1. The Labute approximate surface area is 220 Å². The minimum atomic E-state index is 0.00895. The van der Waals surface area contributed by atoms with Gasteiger partial charge >= 0.3 is 0 Å². The van der Waals surface area contributed by atoms with Gasteiger partial charge in [0.05, 0.1) is 17.5 Å². The number of hydrogen-bond donors (Lipinski definition) is 1. The number of hydrogen-bond acceptors (Lipinski definition) is 7. The van der Waals surface area contributed by atoms with Crippen molar-refractivity contribution in [3.05, 3.63) is 73.1 Å². The zero-order chi connectivity index (χ0) is 26.1. The lowest BCUT2D eigenvalue weighted by Crippen LogP contribution is -2.40. The highest BCUT2D eigenvalue weighted by Crippen LogP contribution is 2.42. The molecule has 6 rings (SSSR count). The van der Waals surface area contributed by atoms with Gasteiger partial charge in [0.15, 0.2) is 5.65 Å². The molecule has 1 aliphatic carbocycles. The summed E-state index contributed by atoms with van der Waals surface area (Å²) < 4.78 is 7.88. The molecule has 1 saturated heterocycles. The Morgan fingerprint density at radius 1 is 1.05 bits per heavy atom. The molecule has 2 N–H and O–H groups in total. The van der Waals surface area contributed by atoms with E-state index in [1.807, 2.05) is 76.3 Å². The molecule has 1 aliphatic heterocycles. The first-order valence-corrected chi connectivity index (χ1v) is 12.8. The summed E-state index contributed by atoms with van der Waals surface area (Å²) in [4.78, 5) is 23.6. The summed E-state index contributed by atoms with van der Waals surface area (Å²) in [6.07, 6.45) is 7.17. The highest BCUT2D eigenvalue weighted by Gasteiger charge is 2.44. The Morgan fingerprint density at radius 3 is 2.53 bits per heavy atom. The molecule has 4 aromatic rings. The van der Waals surface area contributed by atoms with E-state index in [1.54, 1.807) is 0 Å². The number of allylic oxidation sites excluding steroid dienone is 2. The Balaban J connectivity index is 1.21. The quantitative estimate of drug-likeness (QED) is 0.375. The number of carbonyl (C=O) groups is 1. The Morgan fingerprint density at radius 2 is 1.79 bits per heavy atom. The molecule has 2 unspecified atom stereocenters. The Hall–Kier alpha value is -4.71. The normalized spacial score (nSPS) is 19.5. The summed E-state index contributed by atoms with van der Waals surface area (Å²) in [6.45, 7) is 1.33. The molecule has 3 heterocycles. The van der Waals surface area contributed by atoms with Crippen LogP contribution in [0.4, 0.5) is 5.82 Å². The van der Waals surface area contributed by atoms with Gasteiger partial charge in [0.2, 0.25) is 5.91 Å². The molecule has 190 valence electrons. The summed E-state index contributed by atoms with van der Waals surface area (Å²) in [5.74, 6) is 2.28. The number of nitrogens with zero attached hydrogens (tertiary/aromatic N) is 6. The predicted molar refractivity (Wildman–Crippen MR) is 143 cm³/mol. The number of para-hydroxylation sites is 1. The molecule has 1 saturated carbocycles. The third kappa shape index (κ3) is 4.57. The van der Waals surface area contributed by atoms with Crippen molar-refractivity contribution >= 4 is 22.8 Å². The molecule has 2 atom stereocenters. The third-order valence-electron chi connectivity index (χ3n) is 7.32. The number of anilines is 1. The van der Waals surface area contributed by atoms with E-state index in [-0.39, 0.29) is 23.8 Å². The number of nitrogen functional groups attached to an aromatic ring is 1. The van der Waals surface area contributed by atoms with Crippen LogP contribution in [0.3, 0.4) is 0 Å². The lowest BCUT2D eigenvalue weighted by atomic mass is 10.0. The first-order chi connectivity index (χ1) is 18.6. The van der Waals surface area contributed by atoms with Gasteiger partial charge in [0.25, 0.3) is 0 Å². The first kappa shape index (κ1) is 23.7. The average molecular weight is 506 g/mol. The molecule has 38 heavy (non-hydrogen) atoms. The minimum Gasteiger partial charge on any atom is -0.457 e. The number of carbonyl (C=O) groups excluding carboxylic acids is 1. The predicted octanol–water partition coefficient (Wildman–Crippen LogP) is 4.75. The number of fused-ring (bicyclic) bond motifs is 1. The van der Waals surface area contributed by atoms with E-state index >= 15 is 0 Å². The van der Waals surface area contributed by atoms with Crippen LogP contribution in [-0.4, -0.2) is 43.6 Å². The van der Waals surface area contributed by atoms with E-state index in [1.165, 1.54) is 12.4 Å². The van der Waals surface area contributed by atoms with Gasteiger partial charge in [0, 0.05) is 30.6 Å². The van der Waals surface area contributed by atoms with Crippen molar-refractivity contribution in [3.63, 3.8) is 0 Å². The second-order valence-electron chi connectivity index (χ2n) is 9.74. The minimum absolute atomic E-state index is 0.00895. The van der Waals surface area contributed by atoms with Gasteiger partial charge in [-0.2, -0.15) is 10.4 Å². The van der Waals surface area contributed by atoms with E-state index in [2.05, 4.69) is 9.97 Å². The highest BCUT2D eigenvalue weighted by atomic mass is 16.5. The number of benzene rings is 2. The summed E-state index contributed by atoms with van der Waals surface area (Å²) >= 11 is 0. The second-order valence-corrected chi connectivity index (χ2v) is 9.74. The molecule has 0 radical (unpaired) electrons. The molecule has 2 aromatic carbocycles. The number of ether oxygens (including phenoxy) is 1. The van der Waals surface area contributed by atoms with Crippen molar-refractivity contribution in [1.82, 2.24) is 24.6 Å². The van der Waals surface area contributed by atoms with Crippen LogP contribution in [-0.2, 0) is 4.79 Å². The molecule has 2 aromatic heterocycles. The zero-order valence-corrected chi connectivity index (χ0v) is 20.8. The highest BCUT2D eigenvalue weighted by molar-refractivity contribution is 5.98. The van der Waals surface area contributed by atoms with Gasteiger partial charge < -0.3 is 15.4 Å². The fourth-order valence-corrected chi connectivity index (χ4v) is 5.20. The van der Waals surface area contributed by atoms with E-state index < -0.39 is 0 Å². The standard InChI is InChI=1S/C29H27N7O2/c30-14-4-5-20-17-24(20)29(37)35-15-12-21(13-16-35)36-28-25(27(31)32-18-33-28)26(34-36)19-8-10-23(11-9-19)38-22-6-2-1-3-7-22/h1-11,18,20-21,24H,12-13,15-17H2,(H2,31,32,33). The third-order valence-corrected chi connectivity index (χ3v) is 7.32. The van der Waals surface area contributed by atoms with Crippen LogP contribution in [0.25, 0.3) is 22.3 Å². The van der Waals surface area contributed by atoms with Crippen molar-refractivity contribution in [2.24, 2.45) is 11.8 Å². The monoisotopic (exact) mass is 505 g/mol. The van der Waals surface area contributed by atoms with Crippen LogP contribution in [0, 0.1) is 23.2 Å². The number of piperidine rings is 1. The topological polar surface area (TPSA) is 123 Å². The molecule has 9 nitrogen and oxygen atoms in total. The number of amides is 1. The van der Waals surface area contributed by atoms with Gasteiger partial charge in [-0.05, 0) is 61.6 Å². The fourth-order valence-electron chi connectivity index (χ4n) is 5.20. The van der Waals surface area contributed by atoms with Crippen LogP contribution in [0.1, 0.15) is 25.3 Å². The lowest BCUT2D eigenvalue weighted by molar-refractivity contribution is -0.134. The maximum absolute atomic E-state index is 12.9. The summed E-state index contributed by atoms with van der Waals surface area (Å²) in [5, 5.41) is 14.4. The Kier molecular flexibility index (Phi) is 6.22. The summed E-state index contributed by atoms with van der Waals surface area (Å²) in [7, 11) is 0. The lowest BCUT2D eigenvalue weighted by Gasteiger charge is -2.32. The smallest absolute Gasteiger partial charge is 0.226 e. The van der Waals surface area contributed by atoms with Gasteiger partial charge in [-0.15, -0.1) is 0 Å². The van der Waals surface area contributed by atoms with Crippen molar-refractivity contribution < 1.29 is 9.53 Å². The van der Waals surface area contributed by atoms with Crippen LogP contribution < -0.4 is 10.5 Å². The van der Waals surface area contributed by atoms with E-state index in [4.69, 9.17) is 20.8 Å². The molecule has 1 amide bonds. The molecule has 0 bridgehead atoms. The maximum atomic E-state index is 12.9. The molecule has 2 aliphatic rings. The van der Waals surface area contributed by atoms with Gasteiger partial charge in [0.1, 0.15) is 29.3 Å². The maximum Gasteiger partial charge on any atom is 0.226 e. The second kappa shape index (κ2) is 9.98. The van der Waals surface area contributed by atoms with E-state index in [9.17, 15) is 4.79 Å². The number of rotatable bonds is 6. The van der Waals surface area contributed by atoms with Gasteiger partial charge in [-0.3, -0.25) is 4.79 Å². The number of likely N-dealkylation sites (tertiary alicyclic amines) is 1. The van der Waals surface area contributed by atoms with Crippen molar-refractivity contribution in [1.29, 1.82) is 5.26 Å². The van der Waals surface area contributed by atoms with Crippen LogP contribution in [0.2, 0.25) is 0 Å².